The van der Waals surface area contributed by atoms with Crippen molar-refractivity contribution >= 4 is 39.2 Å². The molecule has 0 bridgehead atoms. The highest BCUT2D eigenvalue weighted by Gasteiger charge is 2.51. The Morgan fingerprint density at radius 3 is 2.81 bits per heavy atom. The summed E-state index contributed by atoms with van der Waals surface area (Å²) in [5.41, 5.74) is -0.145. The summed E-state index contributed by atoms with van der Waals surface area (Å²) in [7, 11) is 0. The fourth-order valence-corrected chi connectivity index (χ4v) is 3.69. The highest BCUT2D eigenvalue weighted by molar-refractivity contribution is 9.10. The number of carboxylic acids is 1. The Morgan fingerprint density at radius 2 is 2.24 bits per heavy atom. The van der Waals surface area contributed by atoms with Crippen molar-refractivity contribution in [3.63, 3.8) is 0 Å². The van der Waals surface area contributed by atoms with Gasteiger partial charge in [0.1, 0.15) is 5.54 Å². The van der Waals surface area contributed by atoms with Crippen LogP contribution in [0, 0.1) is 0 Å². The van der Waals surface area contributed by atoms with E-state index in [0.29, 0.717) is 24.0 Å². The number of halogens is 2. The first kappa shape index (κ1) is 15.1. The minimum atomic E-state index is -0.921. The maximum atomic E-state index is 11.9. The lowest BCUT2D eigenvalue weighted by molar-refractivity contribution is -0.141. The molecule has 1 aliphatic heterocycles. The van der Waals surface area contributed by atoms with Crippen LogP contribution in [0.25, 0.3) is 0 Å². The molecule has 2 atom stereocenters. The van der Waals surface area contributed by atoms with E-state index in [4.69, 9.17) is 11.6 Å². The molecule has 21 heavy (non-hydrogen) atoms. The molecule has 0 amide bonds. The Hall–Kier alpha value is -0.780. The minimum absolute atomic E-state index is 0.289. The normalized spacial score (nSPS) is 29.6. The molecule has 0 radical (unpaired) electrons. The molecule has 0 spiro atoms. The summed E-state index contributed by atoms with van der Waals surface area (Å²) in [6.45, 7) is 2.66. The van der Waals surface area contributed by atoms with Gasteiger partial charge in [-0.3, -0.25) is 4.90 Å². The number of anilines is 1. The van der Waals surface area contributed by atoms with Crippen LogP contribution in [0.2, 0.25) is 5.02 Å². The van der Waals surface area contributed by atoms with E-state index in [1.807, 2.05) is 12.1 Å². The van der Waals surface area contributed by atoms with E-state index in [-0.39, 0.29) is 6.04 Å². The van der Waals surface area contributed by atoms with Gasteiger partial charge in [0.05, 0.1) is 5.02 Å². The number of rotatable bonds is 4. The quantitative estimate of drug-likeness (QED) is 0.847. The van der Waals surface area contributed by atoms with E-state index in [0.717, 1.165) is 10.2 Å². The molecule has 3 rings (SSSR count). The summed E-state index contributed by atoms with van der Waals surface area (Å²) in [5, 5.41) is 13.6. The Kier molecular flexibility index (Phi) is 3.93. The summed E-state index contributed by atoms with van der Waals surface area (Å²) in [6.07, 6.45) is 2.98. The molecule has 4 nitrogen and oxygen atoms in total. The van der Waals surface area contributed by atoms with Gasteiger partial charge in [-0.1, -0.05) is 11.6 Å². The maximum absolute atomic E-state index is 11.9. The van der Waals surface area contributed by atoms with Crippen LogP contribution in [0.3, 0.4) is 0 Å². The second-order valence-electron chi connectivity index (χ2n) is 6.10. The van der Waals surface area contributed by atoms with Crippen LogP contribution in [-0.4, -0.2) is 40.1 Å². The van der Waals surface area contributed by atoms with Gasteiger partial charge >= 0.3 is 5.97 Å². The second-order valence-corrected chi connectivity index (χ2v) is 7.36. The molecule has 114 valence electrons. The molecular formula is C15H18BrClN2O2. The zero-order valence-corrected chi connectivity index (χ0v) is 14.1. The molecule has 6 heteroatoms. The number of carboxylic acid groups (broad SMARTS) is 1. The third-order valence-corrected chi connectivity index (χ3v) is 5.60. The van der Waals surface area contributed by atoms with Gasteiger partial charge in [-0.15, -0.1) is 0 Å². The summed E-state index contributed by atoms with van der Waals surface area (Å²) in [5.74, 6) is -0.788. The number of benzene rings is 1. The Balaban J connectivity index is 1.84. The standard InChI is InChI=1S/C15H18BrClN2O2/c1-9-7-15(14(20)21,8-19(9)11-3-4-11)18-10-2-5-13(17)12(16)6-10/h2,5-6,9,11,18H,3-4,7-8H2,1H3,(H,20,21). The van der Waals surface area contributed by atoms with Gasteiger partial charge < -0.3 is 10.4 Å². The molecule has 1 aromatic carbocycles. The Morgan fingerprint density at radius 1 is 1.52 bits per heavy atom. The topological polar surface area (TPSA) is 52.6 Å². The Labute approximate surface area is 137 Å². The largest absolute Gasteiger partial charge is 0.479 e. The van der Waals surface area contributed by atoms with E-state index in [1.165, 1.54) is 12.8 Å². The molecule has 1 aromatic rings. The maximum Gasteiger partial charge on any atom is 0.330 e. The van der Waals surface area contributed by atoms with Crippen LogP contribution in [0.4, 0.5) is 5.69 Å². The van der Waals surface area contributed by atoms with E-state index in [2.05, 4.69) is 33.1 Å². The third-order valence-electron chi connectivity index (χ3n) is 4.39. The number of likely N-dealkylation sites (tertiary alicyclic amines) is 1. The number of nitrogens with one attached hydrogen (secondary N) is 1. The lowest BCUT2D eigenvalue weighted by atomic mass is 9.96. The van der Waals surface area contributed by atoms with Gasteiger partial charge in [0.2, 0.25) is 0 Å². The number of hydrogen-bond acceptors (Lipinski definition) is 3. The van der Waals surface area contributed by atoms with Crippen LogP contribution < -0.4 is 5.32 Å². The number of carbonyl (C=O) groups is 1. The van der Waals surface area contributed by atoms with Gasteiger partial charge in [-0.05, 0) is 60.3 Å². The van der Waals surface area contributed by atoms with E-state index >= 15 is 0 Å². The molecular weight excluding hydrogens is 356 g/mol. The average molecular weight is 374 g/mol. The predicted octanol–water partition coefficient (Wildman–Crippen LogP) is 3.59. The molecule has 1 heterocycles. The fourth-order valence-electron chi connectivity index (χ4n) is 3.20. The van der Waals surface area contributed by atoms with E-state index in [1.54, 1.807) is 6.07 Å². The van der Waals surface area contributed by atoms with Gasteiger partial charge in [0, 0.05) is 28.8 Å². The van der Waals surface area contributed by atoms with Crippen molar-refractivity contribution in [2.24, 2.45) is 0 Å². The van der Waals surface area contributed by atoms with Crippen molar-refractivity contribution in [1.82, 2.24) is 4.90 Å². The Bertz CT molecular complexity index is 579. The summed E-state index contributed by atoms with van der Waals surface area (Å²) in [4.78, 5) is 14.2. The van der Waals surface area contributed by atoms with Crippen molar-refractivity contribution < 1.29 is 9.90 Å². The van der Waals surface area contributed by atoms with Gasteiger partial charge in [-0.2, -0.15) is 0 Å². The third kappa shape index (κ3) is 2.91. The molecule has 2 aliphatic rings. The van der Waals surface area contributed by atoms with Crippen molar-refractivity contribution in [2.45, 2.75) is 43.8 Å². The van der Waals surface area contributed by atoms with Crippen molar-refractivity contribution in [3.05, 3.63) is 27.7 Å². The highest BCUT2D eigenvalue weighted by Crippen LogP contribution is 2.39. The molecule has 2 unspecified atom stereocenters. The summed E-state index contributed by atoms with van der Waals surface area (Å²) < 4.78 is 0.764. The molecule has 1 saturated carbocycles. The van der Waals surface area contributed by atoms with E-state index in [9.17, 15) is 9.90 Å². The lowest BCUT2D eigenvalue weighted by Crippen LogP contribution is -2.49. The fraction of sp³-hybridized carbons (Fsp3) is 0.533. The van der Waals surface area contributed by atoms with Crippen LogP contribution in [0.5, 0.6) is 0 Å². The van der Waals surface area contributed by atoms with Crippen molar-refractivity contribution in [3.8, 4) is 0 Å². The lowest BCUT2D eigenvalue weighted by Gasteiger charge is -2.27. The van der Waals surface area contributed by atoms with Crippen molar-refractivity contribution in [1.29, 1.82) is 0 Å². The minimum Gasteiger partial charge on any atom is -0.479 e. The van der Waals surface area contributed by atoms with Gasteiger partial charge in [-0.25, -0.2) is 4.79 Å². The van der Waals surface area contributed by atoms with E-state index < -0.39 is 11.5 Å². The monoisotopic (exact) mass is 372 g/mol. The van der Waals surface area contributed by atoms with Crippen LogP contribution in [0.15, 0.2) is 22.7 Å². The zero-order chi connectivity index (χ0) is 15.2. The molecule has 0 aromatic heterocycles. The van der Waals surface area contributed by atoms with Crippen LogP contribution >= 0.6 is 27.5 Å². The van der Waals surface area contributed by atoms with Crippen molar-refractivity contribution in [2.75, 3.05) is 11.9 Å². The number of nitrogens with zero attached hydrogens (tertiary/aromatic N) is 1. The first-order valence-electron chi connectivity index (χ1n) is 7.14. The second kappa shape index (κ2) is 5.45. The molecule has 1 saturated heterocycles. The summed E-state index contributed by atoms with van der Waals surface area (Å²) >= 11 is 9.37. The SMILES string of the molecule is CC1CC(Nc2ccc(Cl)c(Br)c2)(C(=O)O)CN1C1CC1. The number of aliphatic carboxylic acids is 1. The smallest absolute Gasteiger partial charge is 0.330 e. The van der Waals surface area contributed by atoms with Gasteiger partial charge in [0.25, 0.3) is 0 Å². The zero-order valence-electron chi connectivity index (χ0n) is 11.8. The van der Waals surface area contributed by atoms with Crippen LogP contribution in [0.1, 0.15) is 26.2 Å². The molecule has 2 N–H and O–H groups in total. The predicted molar refractivity (Wildman–Crippen MR) is 86.9 cm³/mol. The molecule has 1 aliphatic carbocycles. The summed E-state index contributed by atoms with van der Waals surface area (Å²) in [6, 6.07) is 6.28. The first-order valence-corrected chi connectivity index (χ1v) is 8.31. The molecule has 2 fully saturated rings. The first-order chi connectivity index (χ1) is 9.91. The highest BCUT2D eigenvalue weighted by atomic mass is 79.9. The number of hydrogen-bond donors (Lipinski definition) is 2. The van der Waals surface area contributed by atoms with Crippen LogP contribution in [-0.2, 0) is 4.79 Å². The van der Waals surface area contributed by atoms with Gasteiger partial charge in [0.15, 0.2) is 0 Å². The average Bonchev–Trinajstić information content (AvgIpc) is 3.19.